The van der Waals surface area contributed by atoms with Gasteiger partial charge in [-0.15, -0.1) is 0 Å². The molecule has 3 aliphatic rings. The zero-order valence-electron chi connectivity index (χ0n) is 15.2. The zero-order valence-corrected chi connectivity index (χ0v) is 15.2. The normalized spacial score (nSPS) is 26.0. The van der Waals surface area contributed by atoms with Crippen molar-refractivity contribution in [1.29, 1.82) is 0 Å². The molecule has 0 aromatic carbocycles. The highest BCUT2D eigenvalue weighted by Crippen LogP contribution is 2.33. The SMILES string of the molecule is CC(=O)N1CCc2nc(N3CCNCC3)c(NC3CC(C)C3)nc2C1. The Hall–Kier alpha value is -1.89. The smallest absolute Gasteiger partial charge is 0.219 e. The molecule has 1 saturated heterocycles. The Morgan fingerprint density at radius 2 is 1.92 bits per heavy atom. The van der Waals surface area contributed by atoms with Crippen LogP contribution in [0.3, 0.4) is 0 Å². The number of carbonyl (C=O) groups excluding carboxylic acids is 1. The molecule has 0 unspecified atom stereocenters. The molecule has 2 N–H and O–H groups in total. The molecule has 2 fully saturated rings. The van der Waals surface area contributed by atoms with Gasteiger partial charge in [-0.3, -0.25) is 4.79 Å². The Balaban J connectivity index is 1.63. The molecule has 1 aromatic heterocycles. The topological polar surface area (TPSA) is 73.4 Å². The van der Waals surface area contributed by atoms with Crippen LogP contribution in [0.4, 0.5) is 11.6 Å². The van der Waals surface area contributed by atoms with Crippen LogP contribution in [0.5, 0.6) is 0 Å². The van der Waals surface area contributed by atoms with E-state index in [4.69, 9.17) is 9.97 Å². The minimum Gasteiger partial charge on any atom is -0.364 e. The minimum atomic E-state index is 0.112. The van der Waals surface area contributed by atoms with Crippen LogP contribution in [-0.4, -0.2) is 59.5 Å². The first kappa shape index (κ1) is 16.6. The quantitative estimate of drug-likeness (QED) is 0.852. The third-order valence-electron chi connectivity index (χ3n) is 5.57. The van der Waals surface area contributed by atoms with Crippen molar-refractivity contribution in [2.24, 2.45) is 5.92 Å². The van der Waals surface area contributed by atoms with Gasteiger partial charge < -0.3 is 20.4 Å². The van der Waals surface area contributed by atoms with E-state index in [9.17, 15) is 4.79 Å². The van der Waals surface area contributed by atoms with Crippen LogP contribution in [-0.2, 0) is 17.8 Å². The molecule has 0 radical (unpaired) electrons. The molecule has 0 spiro atoms. The van der Waals surface area contributed by atoms with Crippen molar-refractivity contribution in [3.63, 3.8) is 0 Å². The summed E-state index contributed by atoms with van der Waals surface area (Å²) in [7, 11) is 0. The summed E-state index contributed by atoms with van der Waals surface area (Å²) in [6.45, 7) is 9.13. The van der Waals surface area contributed by atoms with E-state index in [1.165, 1.54) is 12.8 Å². The monoisotopic (exact) mass is 344 g/mol. The number of nitrogens with zero attached hydrogens (tertiary/aromatic N) is 4. The molecule has 25 heavy (non-hydrogen) atoms. The van der Waals surface area contributed by atoms with Crippen molar-refractivity contribution in [1.82, 2.24) is 20.2 Å². The van der Waals surface area contributed by atoms with Crippen LogP contribution >= 0.6 is 0 Å². The maximum atomic E-state index is 11.7. The second-order valence-electron chi connectivity index (χ2n) is 7.63. The summed E-state index contributed by atoms with van der Waals surface area (Å²) >= 11 is 0. The molecule has 1 aromatic rings. The molecular weight excluding hydrogens is 316 g/mol. The fraction of sp³-hybridized carbons (Fsp3) is 0.722. The van der Waals surface area contributed by atoms with Crippen LogP contribution in [0.25, 0.3) is 0 Å². The predicted molar refractivity (Wildman–Crippen MR) is 97.7 cm³/mol. The molecule has 4 rings (SSSR count). The summed E-state index contributed by atoms with van der Waals surface area (Å²) in [5.41, 5.74) is 2.01. The van der Waals surface area contributed by atoms with E-state index in [-0.39, 0.29) is 5.91 Å². The maximum Gasteiger partial charge on any atom is 0.219 e. The van der Waals surface area contributed by atoms with E-state index in [1.54, 1.807) is 6.92 Å². The third kappa shape index (κ3) is 3.42. The van der Waals surface area contributed by atoms with E-state index >= 15 is 0 Å². The number of hydrogen-bond acceptors (Lipinski definition) is 6. The molecule has 136 valence electrons. The van der Waals surface area contributed by atoms with Crippen LogP contribution in [0, 0.1) is 5.92 Å². The van der Waals surface area contributed by atoms with Gasteiger partial charge in [0.1, 0.15) is 0 Å². The fourth-order valence-corrected chi connectivity index (χ4v) is 4.00. The standard InChI is InChI=1S/C18H28N6O/c1-12-9-14(10-12)20-17-18(23-7-4-19-5-8-23)22-15-3-6-24(13(2)25)11-16(15)21-17/h12,14,19H,3-11H2,1-2H3,(H,20,21). The van der Waals surface area contributed by atoms with Gasteiger partial charge >= 0.3 is 0 Å². The summed E-state index contributed by atoms with van der Waals surface area (Å²) < 4.78 is 0. The highest BCUT2D eigenvalue weighted by atomic mass is 16.2. The van der Waals surface area contributed by atoms with Crippen LogP contribution in [0.15, 0.2) is 0 Å². The molecule has 1 amide bonds. The Labute approximate surface area is 149 Å². The number of nitrogens with one attached hydrogen (secondary N) is 2. The van der Waals surface area contributed by atoms with Gasteiger partial charge in [-0.05, 0) is 18.8 Å². The lowest BCUT2D eigenvalue weighted by Crippen LogP contribution is -2.45. The molecule has 1 saturated carbocycles. The highest BCUT2D eigenvalue weighted by molar-refractivity contribution is 5.73. The summed E-state index contributed by atoms with van der Waals surface area (Å²) in [5, 5.41) is 7.03. The first-order valence-corrected chi connectivity index (χ1v) is 9.47. The number of amides is 1. The highest BCUT2D eigenvalue weighted by Gasteiger charge is 2.29. The Bertz CT molecular complexity index is 651. The molecule has 2 aliphatic heterocycles. The van der Waals surface area contributed by atoms with Crippen LogP contribution < -0.4 is 15.5 Å². The lowest BCUT2D eigenvalue weighted by atomic mass is 9.82. The predicted octanol–water partition coefficient (Wildman–Crippen LogP) is 1.00. The maximum absolute atomic E-state index is 11.7. The van der Waals surface area contributed by atoms with Crippen molar-refractivity contribution < 1.29 is 4.79 Å². The molecule has 0 bridgehead atoms. The van der Waals surface area contributed by atoms with E-state index in [0.29, 0.717) is 12.6 Å². The van der Waals surface area contributed by atoms with Gasteiger partial charge in [-0.2, -0.15) is 0 Å². The number of rotatable bonds is 3. The molecular formula is C18H28N6O. The Kier molecular flexibility index (Phi) is 4.50. The third-order valence-corrected chi connectivity index (χ3v) is 5.57. The van der Waals surface area contributed by atoms with Gasteiger partial charge in [0.05, 0.1) is 17.9 Å². The number of carbonyl (C=O) groups is 1. The molecule has 7 nitrogen and oxygen atoms in total. The molecule has 7 heteroatoms. The summed E-state index contributed by atoms with van der Waals surface area (Å²) in [6, 6.07) is 0.497. The van der Waals surface area contributed by atoms with Gasteiger partial charge in [-0.25, -0.2) is 9.97 Å². The second kappa shape index (κ2) is 6.78. The van der Waals surface area contributed by atoms with Crippen LogP contribution in [0.2, 0.25) is 0 Å². The van der Waals surface area contributed by atoms with Gasteiger partial charge in [-0.1, -0.05) is 6.92 Å². The Morgan fingerprint density at radius 1 is 1.16 bits per heavy atom. The fourth-order valence-electron chi connectivity index (χ4n) is 4.00. The summed E-state index contributed by atoms with van der Waals surface area (Å²) in [5.74, 6) is 2.80. The van der Waals surface area contributed by atoms with Crippen molar-refractivity contribution in [2.45, 2.75) is 45.7 Å². The lowest BCUT2D eigenvalue weighted by molar-refractivity contribution is -0.129. The number of hydrogen-bond donors (Lipinski definition) is 2. The van der Waals surface area contributed by atoms with E-state index in [2.05, 4.69) is 22.5 Å². The molecule has 1 aliphatic carbocycles. The largest absolute Gasteiger partial charge is 0.364 e. The number of piperazine rings is 1. The Morgan fingerprint density at radius 3 is 2.60 bits per heavy atom. The van der Waals surface area contributed by atoms with Crippen molar-refractivity contribution in [3.8, 4) is 0 Å². The van der Waals surface area contributed by atoms with Gasteiger partial charge in [0.15, 0.2) is 11.6 Å². The molecule has 0 atom stereocenters. The zero-order chi connectivity index (χ0) is 17.4. The van der Waals surface area contributed by atoms with Crippen molar-refractivity contribution in [2.75, 3.05) is 42.9 Å². The first-order valence-electron chi connectivity index (χ1n) is 9.47. The van der Waals surface area contributed by atoms with Crippen LogP contribution in [0.1, 0.15) is 38.1 Å². The summed E-state index contributed by atoms with van der Waals surface area (Å²) in [6.07, 6.45) is 3.18. The average Bonchev–Trinajstić information content (AvgIpc) is 2.60. The lowest BCUT2D eigenvalue weighted by Gasteiger charge is -2.37. The van der Waals surface area contributed by atoms with Gasteiger partial charge in [0.25, 0.3) is 0 Å². The van der Waals surface area contributed by atoms with E-state index in [0.717, 1.165) is 68.1 Å². The van der Waals surface area contributed by atoms with E-state index < -0.39 is 0 Å². The second-order valence-corrected chi connectivity index (χ2v) is 7.63. The van der Waals surface area contributed by atoms with Gasteiger partial charge in [0, 0.05) is 52.1 Å². The first-order chi connectivity index (χ1) is 12.1. The van der Waals surface area contributed by atoms with Crippen molar-refractivity contribution in [3.05, 3.63) is 11.4 Å². The number of anilines is 2. The molecule has 3 heterocycles. The van der Waals surface area contributed by atoms with Crippen molar-refractivity contribution >= 4 is 17.5 Å². The minimum absolute atomic E-state index is 0.112. The number of fused-ring (bicyclic) bond motifs is 1. The summed E-state index contributed by atoms with van der Waals surface area (Å²) in [4.78, 5) is 25.9. The number of aromatic nitrogens is 2. The van der Waals surface area contributed by atoms with Gasteiger partial charge in [0.2, 0.25) is 5.91 Å². The van der Waals surface area contributed by atoms with E-state index in [1.807, 2.05) is 4.90 Å². The average molecular weight is 344 g/mol.